The Morgan fingerprint density at radius 2 is 1.86 bits per heavy atom. The van der Waals surface area contributed by atoms with Crippen LogP contribution < -0.4 is 16.4 Å². The lowest BCUT2D eigenvalue weighted by molar-refractivity contribution is 0.0530. The minimum absolute atomic E-state index is 0.0865. The van der Waals surface area contributed by atoms with Gasteiger partial charge in [-0.1, -0.05) is 12.1 Å². The van der Waals surface area contributed by atoms with E-state index in [-0.39, 0.29) is 5.54 Å². The van der Waals surface area contributed by atoms with Gasteiger partial charge in [0.2, 0.25) is 0 Å². The van der Waals surface area contributed by atoms with Crippen LogP contribution in [0.2, 0.25) is 0 Å². The van der Waals surface area contributed by atoms with Crippen LogP contribution in [0.5, 0.6) is 0 Å². The highest BCUT2D eigenvalue weighted by Crippen LogP contribution is 2.42. The highest BCUT2D eigenvalue weighted by molar-refractivity contribution is 5.67. The first kappa shape index (κ1) is 15.6. The van der Waals surface area contributed by atoms with Crippen molar-refractivity contribution >= 4 is 11.8 Å². The van der Waals surface area contributed by atoms with Crippen molar-refractivity contribution in [3.63, 3.8) is 0 Å². The van der Waals surface area contributed by atoms with Gasteiger partial charge in [0, 0.05) is 24.3 Å². The molecule has 5 nitrogen and oxygen atoms in total. The van der Waals surface area contributed by atoms with E-state index in [4.69, 9.17) is 10.5 Å². The van der Waals surface area contributed by atoms with Crippen molar-refractivity contribution in [2.75, 3.05) is 18.4 Å². The molecule has 1 amide bonds. The zero-order valence-electron chi connectivity index (χ0n) is 13.0. The molecule has 5 heteroatoms. The lowest BCUT2D eigenvalue weighted by Gasteiger charge is -2.19. The predicted octanol–water partition coefficient (Wildman–Crippen LogP) is 2.57. The summed E-state index contributed by atoms with van der Waals surface area (Å²) >= 11 is 0. The summed E-state index contributed by atoms with van der Waals surface area (Å²) in [6.45, 7) is 6.69. The highest BCUT2D eigenvalue weighted by Gasteiger charge is 2.39. The number of ether oxygens (including phenoxy) is 1. The summed E-state index contributed by atoms with van der Waals surface area (Å²) in [6.07, 6.45) is 1.75. The van der Waals surface area contributed by atoms with Crippen LogP contribution >= 0.6 is 0 Å². The van der Waals surface area contributed by atoms with Crippen molar-refractivity contribution in [1.29, 1.82) is 0 Å². The van der Waals surface area contributed by atoms with Crippen LogP contribution in [0.1, 0.15) is 39.2 Å². The van der Waals surface area contributed by atoms with Crippen LogP contribution in [0, 0.1) is 0 Å². The fraction of sp³-hybridized carbons (Fsp3) is 0.562. The van der Waals surface area contributed by atoms with Crippen LogP contribution in [0.25, 0.3) is 0 Å². The van der Waals surface area contributed by atoms with Crippen molar-refractivity contribution in [2.24, 2.45) is 5.73 Å². The molecular formula is C16H25N3O2. The van der Waals surface area contributed by atoms with E-state index < -0.39 is 11.7 Å². The molecule has 0 spiro atoms. The van der Waals surface area contributed by atoms with Gasteiger partial charge < -0.3 is 21.1 Å². The standard InChI is InChI=1S/C16H25N3O2/c1-15(2,3)21-14(20)19-11-10-18-13-6-4-12(5-7-13)16(17)8-9-16/h4-7,18H,8-11,17H2,1-3H3,(H,19,20). The zero-order chi connectivity index (χ0) is 15.5. The predicted molar refractivity (Wildman–Crippen MR) is 84.3 cm³/mol. The lowest BCUT2D eigenvalue weighted by Crippen LogP contribution is -2.35. The van der Waals surface area contributed by atoms with E-state index >= 15 is 0 Å². The summed E-state index contributed by atoms with van der Waals surface area (Å²) < 4.78 is 5.16. The molecule has 1 saturated carbocycles. The molecule has 116 valence electrons. The number of rotatable bonds is 5. The maximum absolute atomic E-state index is 11.5. The smallest absolute Gasteiger partial charge is 0.407 e. The Morgan fingerprint density at radius 3 is 2.38 bits per heavy atom. The van der Waals surface area contributed by atoms with E-state index in [2.05, 4.69) is 22.8 Å². The summed E-state index contributed by atoms with van der Waals surface area (Å²) in [7, 11) is 0. The molecule has 1 aliphatic rings. The first-order valence-electron chi connectivity index (χ1n) is 7.39. The van der Waals surface area contributed by atoms with E-state index in [0.717, 1.165) is 18.5 Å². The zero-order valence-corrected chi connectivity index (χ0v) is 13.0. The molecule has 0 aliphatic heterocycles. The van der Waals surface area contributed by atoms with Gasteiger partial charge in [0.15, 0.2) is 0 Å². The number of hydrogen-bond acceptors (Lipinski definition) is 4. The summed E-state index contributed by atoms with van der Waals surface area (Å²) in [4.78, 5) is 11.5. The van der Waals surface area contributed by atoms with Crippen molar-refractivity contribution in [3.8, 4) is 0 Å². The Kier molecular flexibility index (Phi) is 4.42. The van der Waals surface area contributed by atoms with Crippen LogP contribution in [0.3, 0.4) is 0 Å². The molecular weight excluding hydrogens is 266 g/mol. The van der Waals surface area contributed by atoms with Gasteiger partial charge in [-0.25, -0.2) is 4.79 Å². The number of nitrogens with two attached hydrogens (primary N) is 1. The average Bonchev–Trinajstić information content (AvgIpc) is 3.13. The molecule has 0 saturated heterocycles. The van der Waals surface area contributed by atoms with Crippen molar-refractivity contribution in [2.45, 2.75) is 44.8 Å². The quantitative estimate of drug-likeness (QED) is 0.729. The van der Waals surface area contributed by atoms with Gasteiger partial charge in [-0.3, -0.25) is 0 Å². The van der Waals surface area contributed by atoms with Crippen LogP contribution in [-0.2, 0) is 10.3 Å². The Bertz CT molecular complexity index is 487. The van der Waals surface area contributed by atoms with E-state index in [1.807, 2.05) is 32.9 Å². The summed E-state index contributed by atoms with van der Waals surface area (Å²) in [6, 6.07) is 8.18. The number of hydrogen-bond donors (Lipinski definition) is 3. The molecule has 0 heterocycles. The highest BCUT2D eigenvalue weighted by atomic mass is 16.6. The van der Waals surface area contributed by atoms with E-state index in [9.17, 15) is 4.79 Å². The second kappa shape index (κ2) is 5.93. The van der Waals surface area contributed by atoms with Gasteiger partial charge >= 0.3 is 6.09 Å². The number of anilines is 1. The lowest BCUT2D eigenvalue weighted by atomic mass is 10.1. The molecule has 0 aromatic heterocycles. The van der Waals surface area contributed by atoms with Crippen molar-refractivity contribution in [1.82, 2.24) is 5.32 Å². The van der Waals surface area contributed by atoms with Crippen molar-refractivity contribution in [3.05, 3.63) is 29.8 Å². The fourth-order valence-electron chi connectivity index (χ4n) is 2.03. The van der Waals surface area contributed by atoms with Crippen molar-refractivity contribution < 1.29 is 9.53 Å². The van der Waals surface area contributed by atoms with Crippen LogP contribution in [-0.4, -0.2) is 24.8 Å². The molecule has 0 atom stereocenters. The molecule has 21 heavy (non-hydrogen) atoms. The number of carbonyl (C=O) groups is 1. The first-order chi connectivity index (χ1) is 9.78. The minimum atomic E-state index is -0.464. The van der Waals surface area contributed by atoms with Gasteiger partial charge in [-0.2, -0.15) is 0 Å². The monoisotopic (exact) mass is 291 g/mol. The number of carbonyl (C=O) groups excluding carboxylic acids is 1. The molecule has 1 fully saturated rings. The second-order valence-corrected chi connectivity index (χ2v) is 6.59. The fourth-order valence-corrected chi connectivity index (χ4v) is 2.03. The number of nitrogens with one attached hydrogen (secondary N) is 2. The maximum Gasteiger partial charge on any atom is 0.407 e. The van der Waals surface area contributed by atoms with Gasteiger partial charge in [0.25, 0.3) is 0 Å². The van der Waals surface area contributed by atoms with E-state index in [0.29, 0.717) is 13.1 Å². The Morgan fingerprint density at radius 1 is 1.24 bits per heavy atom. The van der Waals surface area contributed by atoms with Gasteiger partial charge in [-0.15, -0.1) is 0 Å². The molecule has 2 rings (SSSR count). The molecule has 0 radical (unpaired) electrons. The third-order valence-electron chi connectivity index (χ3n) is 3.37. The molecule has 1 aromatic carbocycles. The number of benzene rings is 1. The summed E-state index contributed by atoms with van der Waals surface area (Å²) in [5, 5.41) is 5.96. The largest absolute Gasteiger partial charge is 0.444 e. The molecule has 1 aliphatic carbocycles. The van der Waals surface area contributed by atoms with E-state index in [1.165, 1.54) is 5.56 Å². The average molecular weight is 291 g/mol. The normalized spacial score (nSPS) is 16.2. The number of alkyl carbamates (subject to hydrolysis) is 1. The van der Waals surface area contributed by atoms with Gasteiger partial charge in [0.05, 0.1) is 0 Å². The molecule has 0 bridgehead atoms. The Labute approximate surface area is 126 Å². The van der Waals surface area contributed by atoms with Gasteiger partial charge in [-0.05, 0) is 51.3 Å². The van der Waals surface area contributed by atoms with Gasteiger partial charge in [0.1, 0.15) is 5.60 Å². The Hall–Kier alpha value is -1.75. The first-order valence-corrected chi connectivity index (χ1v) is 7.39. The Balaban J connectivity index is 1.68. The molecule has 1 aromatic rings. The minimum Gasteiger partial charge on any atom is -0.444 e. The second-order valence-electron chi connectivity index (χ2n) is 6.59. The SMILES string of the molecule is CC(C)(C)OC(=O)NCCNc1ccc(C2(N)CC2)cc1. The molecule has 0 unspecified atom stereocenters. The molecule has 4 N–H and O–H groups in total. The third-order valence-corrected chi connectivity index (χ3v) is 3.37. The topological polar surface area (TPSA) is 76.4 Å². The van der Waals surface area contributed by atoms with E-state index in [1.54, 1.807) is 0 Å². The maximum atomic E-state index is 11.5. The van der Waals surface area contributed by atoms with Crippen LogP contribution in [0.15, 0.2) is 24.3 Å². The third kappa shape index (κ3) is 4.93. The van der Waals surface area contributed by atoms with Crippen LogP contribution in [0.4, 0.5) is 10.5 Å². The number of amides is 1. The summed E-state index contributed by atoms with van der Waals surface area (Å²) in [5.41, 5.74) is 7.81. The summed E-state index contributed by atoms with van der Waals surface area (Å²) in [5.74, 6) is 0.